The van der Waals surface area contributed by atoms with Gasteiger partial charge in [0.1, 0.15) is 0 Å². The maximum Gasteiger partial charge on any atom is 0.230 e. The quantitative estimate of drug-likeness (QED) is 0.820. The van der Waals surface area contributed by atoms with Crippen LogP contribution in [0.4, 0.5) is 0 Å². The van der Waals surface area contributed by atoms with Gasteiger partial charge >= 0.3 is 0 Å². The Kier molecular flexibility index (Phi) is 5.44. The third-order valence-corrected chi connectivity index (χ3v) is 4.37. The van der Waals surface area contributed by atoms with Gasteiger partial charge in [0, 0.05) is 18.2 Å². The first-order chi connectivity index (χ1) is 9.69. The minimum Gasteiger partial charge on any atom is -0.396 e. The first-order valence-electron chi connectivity index (χ1n) is 7.34. The van der Waals surface area contributed by atoms with E-state index in [4.69, 9.17) is 16.7 Å². The molecule has 1 aromatic rings. The molecule has 4 heteroatoms. The maximum absolute atomic E-state index is 12.7. The van der Waals surface area contributed by atoms with E-state index < -0.39 is 5.41 Å². The second kappa shape index (κ2) is 7.09. The number of halogens is 1. The number of carbonyl (C=O) groups is 1. The molecular formula is C16H22ClNO2. The zero-order valence-electron chi connectivity index (χ0n) is 11.7. The van der Waals surface area contributed by atoms with Crippen molar-refractivity contribution >= 4 is 17.5 Å². The van der Waals surface area contributed by atoms with Crippen molar-refractivity contribution in [1.29, 1.82) is 0 Å². The summed E-state index contributed by atoms with van der Waals surface area (Å²) in [7, 11) is 0. The van der Waals surface area contributed by atoms with Crippen LogP contribution in [-0.4, -0.2) is 24.2 Å². The van der Waals surface area contributed by atoms with Crippen molar-refractivity contribution in [3.05, 3.63) is 34.9 Å². The summed E-state index contributed by atoms with van der Waals surface area (Å²) in [6, 6.07) is 7.67. The molecule has 0 aliphatic heterocycles. The van der Waals surface area contributed by atoms with Crippen LogP contribution in [0.1, 0.15) is 44.1 Å². The summed E-state index contributed by atoms with van der Waals surface area (Å²) in [5.74, 6) is 0.0768. The van der Waals surface area contributed by atoms with Crippen molar-refractivity contribution in [1.82, 2.24) is 5.32 Å². The number of aliphatic hydroxyl groups is 1. The van der Waals surface area contributed by atoms with Gasteiger partial charge < -0.3 is 10.4 Å². The van der Waals surface area contributed by atoms with Crippen LogP contribution in [0.5, 0.6) is 0 Å². The summed E-state index contributed by atoms with van der Waals surface area (Å²) in [6.45, 7) is 0.627. The molecule has 1 fully saturated rings. The molecule has 0 spiro atoms. The van der Waals surface area contributed by atoms with Crippen LogP contribution in [0.2, 0.25) is 5.02 Å². The number of rotatable bonds is 5. The van der Waals surface area contributed by atoms with Gasteiger partial charge in [-0.05, 0) is 37.0 Å². The third-order valence-electron chi connectivity index (χ3n) is 4.14. The molecule has 0 radical (unpaired) electrons. The van der Waals surface area contributed by atoms with E-state index in [9.17, 15) is 4.79 Å². The highest BCUT2D eigenvalue weighted by atomic mass is 35.5. The molecule has 1 aliphatic carbocycles. The van der Waals surface area contributed by atoms with E-state index in [1.54, 1.807) is 0 Å². The zero-order valence-corrected chi connectivity index (χ0v) is 12.5. The monoisotopic (exact) mass is 295 g/mol. The second-order valence-electron chi connectivity index (χ2n) is 5.49. The first kappa shape index (κ1) is 15.3. The highest BCUT2D eigenvalue weighted by Gasteiger charge is 2.40. The molecule has 1 aliphatic rings. The van der Waals surface area contributed by atoms with Crippen molar-refractivity contribution in [2.45, 2.75) is 43.9 Å². The van der Waals surface area contributed by atoms with Crippen molar-refractivity contribution in [2.24, 2.45) is 0 Å². The van der Waals surface area contributed by atoms with E-state index in [1.807, 2.05) is 24.3 Å². The number of hydrogen-bond donors (Lipinski definition) is 2. The molecular weight excluding hydrogens is 274 g/mol. The Morgan fingerprint density at radius 2 is 2.05 bits per heavy atom. The first-order valence-corrected chi connectivity index (χ1v) is 7.72. The Morgan fingerprint density at radius 1 is 1.30 bits per heavy atom. The lowest BCUT2D eigenvalue weighted by atomic mass is 9.68. The molecule has 1 saturated carbocycles. The van der Waals surface area contributed by atoms with Gasteiger partial charge in [0.2, 0.25) is 5.91 Å². The standard InChI is InChI=1S/C16H22ClNO2/c17-14-7-4-6-13(12-14)16(8-2-1-3-9-16)15(20)18-10-5-11-19/h4,6-7,12,19H,1-3,5,8-11H2,(H,18,20). The van der Waals surface area contributed by atoms with E-state index >= 15 is 0 Å². The minimum atomic E-state index is -0.446. The molecule has 0 bridgehead atoms. The normalized spacial score (nSPS) is 17.7. The lowest BCUT2D eigenvalue weighted by Crippen LogP contribution is -2.46. The Morgan fingerprint density at radius 3 is 2.70 bits per heavy atom. The van der Waals surface area contributed by atoms with E-state index in [-0.39, 0.29) is 12.5 Å². The van der Waals surface area contributed by atoms with Gasteiger partial charge in [-0.25, -0.2) is 0 Å². The Balaban J connectivity index is 2.23. The third kappa shape index (κ3) is 3.33. The minimum absolute atomic E-state index is 0.0768. The van der Waals surface area contributed by atoms with Gasteiger partial charge in [-0.1, -0.05) is 43.0 Å². The van der Waals surface area contributed by atoms with Crippen molar-refractivity contribution in [2.75, 3.05) is 13.2 Å². The number of nitrogens with one attached hydrogen (secondary N) is 1. The number of amides is 1. The van der Waals surface area contributed by atoms with Crippen molar-refractivity contribution in [3.8, 4) is 0 Å². The van der Waals surface area contributed by atoms with Crippen LogP contribution in [0, 0.1) is 0 Å². The highest BCUT2D eigenvalue weighted by Crippen LogP contribution is 2.40. The number of hydrogen-bond acceptors (Lipinski definition) is 2. The van der Waals surface area contributed by atoms with Gasteiger partial charge in [0.15, 0.2) is 0 Å². The molecule has 20 heavy (non-hydrogen) atoms. The van der Waals surface area contributed by atoms with E-state index in [1.165, 1.54) is 6.42 Å². The highest BCUT2D eigenvalue weighted by molar-refractivity contribution is 6.30. The second-order valence-corrected chi connectivity index (χ2v) is 5.92. The average molecular weight is 296 g/mol. The molecule has 0 aromatic heterocycles. The fraction of sp³-hybridized carbons (Fsp3) is 0.562. The Bertz CT molecular complexity index is 456. The van der Waals surface area contributed by atoms with Gasteiger partial charge in [0.25, 0.3) is 0 Å². The van der Waals surface area contributed by atoms with Crippen molar-refractivity contribution < 1.29 is 9.90 Å². The molecule has 2 rings (SSSR count). The summed E-state index contributed by atoms with van der Waals surface area (Å²) in [5, 5.41) is 12.5. The van der Waals surface area contributed by atoms with Gasteiger partial charge in [-0.2, -0.15) is 0 Å². The summed E-state index contributed by atoms with van der Waals surface area (Å²) in [4.78, 5) is 12.7. The Labute approximate surface area is 125 Å². The maximum atomic E-state index is 12.7. The topological polar surface area (TPSA) is 49.3 Å². The molecule has 3 nitrogen and oxygen atoms in total. The van der Waals surface area contributed by atoms with Crippen LogP contribution in [-0.2, 0) is 10.2 Å². The molecule has 0 saturated heterocycles. The fourth-order valence-electron chi connectivity index (χ4n) is 3.04. The van der Waals surface area contributed by atoms with Gasteiger partial charge in [-0.3, -0.25) is 4.79 Å². The van der Waals surface area contributed by atoms with Gasteiger partial charge in [0.05, 0.1) is 5.41 Å². The number of aliphatic hydroxyl groups excluding tert-OH is 1. The van der Waals surface area contributed by atoms with Crippen LogP contribution in [0.15, 0.2) is 24.3 Å². The molecule has 0 atom stereocenters. The zero-order chi connectivity index (χ0) is 14.4. The molecule has 2 N–H and O–H groups in total. The molecule has 110 valence electrons. The smallest absolute Gasteiger partial charge is 0.230 e. The largest absolute Gasteiger partial charge is 0.396 e. The Hall–Kier alpha value is -1.06. The average Bonchev–Trinajstić information content (AvgIpc) is 2.48. The number of benzene rings is 1. The van der Waals surface area contributed by atoms with Crippen LogP contribution >= 0.6 is 11.6 Å². The fourth-order valence-corrected chi connectivity index (χ4v) is 3.23. The summed E-state index contributed by atoms with van der Waals surface area (Å²) in [5.41, 5.74) is 0.574. The predicted molar refractivity (Wildman–Crippen MR) is 80.9 cm³/mol. The molecule has 1 amide bonds. The van der Waals surface area contributed by atoms with Gasteiger partial charge in [-0.15, -0.1) is 0 Å². The molecule has 0 unspecified atom stereocenters. The van der Waals surface area contributed by atoms with Crippen LogP contribution in [0.3, 0.4) is 0 Å². The lowest BCUT2D eigenvalue weighted by Gasteiger charge is -2.36. The van der Waals surface area contributed by atoms with E-state index in [2.05, 4.69) is 5.32 Å². The molecule has 1 aromatic carbocycles. The number of carbonyl (C=O) groups excluding carboxylic acids is 1. The summed E-state index contributed by atoms with van der Waals surface area (Å²) < 4.78 is 0. The van der Waals surface area contributed by atoms with E-state index in [0.717, 1.165) is 31.2 Å². The van der Waals surface area contributed by atoms with Crippen LogP contribution < -0.4 is 5.32 Å². The van der Waals surface area contributed by atoms with E-state index in [0.29, 0.717) is 18.0 Å². The summed E-state index contributed by atoms with van der Waals surface area (Å²) in [6.07, 6.45) is 5.67. The van der Waals surface area contributed by atoms with Crippen molar-refractivity contribution in [3.63, 3.8) is 0 Å². The SMILES string of the molecule is O=C(NCCCO)C1(c2cccc(Cl)c2)CCCCC1. The van der Waals surface area contributed by atoms with Crippen LogP contribution in [0.25, 0.3) is 0 Å². The lowest BCUT2D eigenvalue weighted by molar-refractivity contribution is -0.128. The predicted octanol–water partition coefficient (Wildman–Crippen LogP) is 3.04. The summed E-state index contributed by atoms with van der Waals surface area (Å²) >= 11 is 6.09. The molecule has 0 heterocycles.